The van der Waals surface area contributed by atoms with Crippen molar-refractivity contribution in [3.05, 3.63) is 36.1 Å². The Kier molecular flexibility index (Phi) is 6.11. The molecule has 120 valence electrons. The second-order valence-corrected chi connectivity index (χ2v) is 7.71. The minimum Gasteiger partial charge on any atom is -0.489 e. The first-order chi connectivity index (χ1) is 10.9. The van der Waals surface area contributed by atoms with Crippen molar-refractivity contribution in [2.45, 2.75) is 25.1 Å². The first-order valence-corrected chi connectivity index (χ1v) is 9.71. The van der Waals surface area contributed by atoms with Gasteiger partial charge in [0.25, 0.3) is 5.56 Å². The van der Waals surface area contributed by atoms with Crippen LogP contribution in [0.15, 0.2) is 26.6 Å². The fourth-order valence-electron chi connectivity index (χ4n) is 1.94. The first kappa shape index (κ1) is 18.3. The molecule has 2 aromatic rings. The van der Waals surface area contributed by atoms with E-state index in [-0.39, 0.29) is 11.7 Å². The number of hydrogen-bond acceptors (Lipinski definition) is 5. The number of aromatic nitrogens is 2. The van der Waals surface area contributed by atoms with Gasteiger partial charge in [-0.2, -0.15) is 5.26 Å². The van der Waals surface area contributed by atoms with Crippen molar-refractivity contribution in [1.82, 2.24) is 9.97 Å². The molecule has 0 aliphatic heterocycles. The highest BCUT2D eigenvalue weighted by molar-refractivity contribution is 14.1. The molecule has 8 heteroatoms. The van der Waals surface area contributed by atoms with E-state index in [4.69, 9.17) is 4.74 Å². The average Bonchev–Trinajstić information content (AvgIpc) is 2.48. The molecule has 0 saturated heterocycles. The van der Waals surface area contributed by atoms with Crippen molar-refractivity contribution in [1.29, 1.82) is 5.26 Å². The van der Waals surface area contributed by atoms with Gasteiger partial charge in [-0.3, -0.25) is 4.79 Å². The van der Waals surface area contributed by atoms with E-state index in [0.29, 0.717) is 22.2 Å². The molecule has 1 N–H and O–H groups in total. The molecule has 23 heavy (non-hydrogen) atoms. The monoisotopic (exact) mass is 505 g/mol. The second kappa shape index (κ2) is 7.68. The molecule has 0 radical (unpaired) electrons. The van der Waals surface area contributed by atoms with Crippen molar-refractivity contribution in [2.75, 3.05) is 6.26 Å². The molecule has 0 aliphatic carbocycles. The lowest BCUT2D eigenvalue weighted by atomic mass is 10.1. The zero-order valence-electron chi connectivity index (χ0n) is 12.6. The molecule has 0 saturated carbocycles. The Morgan fingerprint density at radius 2 is 2.17 bits per heavy atom. The number of H-pyrrole nitrogens is 1. The Labute approximate surface area is 160 Å². The molecule has 2 rings (SSSR count). The van der Waals surface area contributed by atoms with Crippen LogP contribution in [0.4, 0.5) is 0 Å². The average molecular weight is 506 g/mol. The van der Waals surface area contributed by atoms with Gasteiger partial charge in [0, 0.05) is 10.0 Å². The van der Waals surface area contributed by atoms with E-state index < -0.39 is 5.56 Å². The zero-order chi connectivity index (χ0) is 17.1. The van der Waals surface area contributed by atoms with Gasteiger partial charge in [-0.05, 0) is 54.8 Å². The van der Waals surface area contributed by atoms with Crippen LogP contribution < -0.4 is 10.3 Å². The van der Waals surface area contributed by atoms with Crippen molar-refractivity contribution in [3.63, 3.8) is 0 Å². The molecule has 0 bridgehead atoms. The van der Waals surface area contributed by atoms with E-state index in [1.54, 1.807) is 0 Å². The van der Waals surface area contributed by atoms with Gasteiger partial charge in [0.2, 0.25) is 0 Å². The third kappa shape index (κ3) is 4.08. The van der Waals surface area contributed by atoms with Crippen LogP contribution in [0.1, 0.15) is 19.4 Å². The Morgan fingerprint density at radius 1 is 1.48 bits per heavy atom. The number of nitriles is 1. The van der Waals surface area contributed by atoms with Gasteiger partial charge in [-0.25, -0.2) is 4.98 Å². The van der Waals surface area contributed by atoms with Crippen LogP contribution in [0, 0.1) is 14.9 Å². The molecule has 0 atom stereocenters. The summed E-state index contributed by atoms with van der Waals surface area (Å²) in [7, 11) is 0. The van der Waals surface area contributed by atoms with E-state index in [2.05, 4.69) is 48.5 Å². The zero-order valence-corrected chi connectivity index (χ0v) is 17.2. The van der Waals surface area contributed by atoms with E-state index >= 15 is 0 Å². The number of hydrogen-bond donors (Lipinski definition) is 1. The van der Waals surface area contributed by atoms with Crippen LogP contribution in [0.3, 0.4) is 0 Å². The Morgan fingerprint density at radius 3 is 2.74 bits per heavy atom. The summed E-state index contributed by atoms with van der Waals surface area (Å²) in [5, 5.41) is 9.82. The topological polar surface area (TPSA) is 78.8 Å². The molecule has 0 aliphatic rings. The summed E-state index contributed by atoms with van der Waals surface area (Å²) in [6.45, 7) is 3.84. The number of thioether (sulfide) groups is 1. The summed E-state index contributed by atoms with van der Waals surface area (Å²) in [6, 6.07) is 5.67. The fourth-order valence-corrected chi connectivity index (χ4v) is 3.96. The lowest BCUT2D eigenvalue weighted by molar-refractivity contribution is 0.241. The third-order valence-corrected chi connectivity index (χ3v) is 4.66. The quantitative estimate of drug-likeness (QED) is 0.383. The van der Waals surface area contributed by atoms with Crippen LogP contribution in [0.2, 0.25) is 0 Å². The van der Waals surface area contributed by atoms with Gasteiger partial charge in [-0.15, -0.1) is 0 Å². The molecule has 0 spiro atoms. The number of nitrogens with one attached hydrogen (secondary N) is 1. The summed E-state index contributed by atoms with van der Waals surface area (Å²) in [5.41, 5.74) is 0.475. The largest absolute Gasteiger partial charge is 0.489 e. The van der Waals surface area contributed by atoms with Crippen molar-refractivity contribution < 1.29 is 4.74 Å². The Balaban J connectivity index is 2.83. The molecule has 0 fully saturated rings. The standard InChI is InChI=1S/C15H13BrIN3O2S/c1-7(2)22-13-9(4-8(16)5-11(13)17)12-10(6-18)14(21)20-15(19-12)23-3/h4-5,7H,1-3H3,(H,19,20,21). The predicted molar refractivity (Wildman–Crippen MR) is 103 cm³/mol. The molecule has 0 unspecified atom stereocenters. The van der Waals surface area contributed by atoms with Gasteiger partial charge in [0.1, 0.15) is 23.1 Å². The highest BCUT2D eigenvalue weighted by Gasteiger charge is 2.20. The van der Waals surface area contributed by atoms with Crippen molar-refractivity contribution in [2.24, 2.45) is 0 Å². The number of ether oxygens (including phenoxy) is 1. The smallest absolute Gasteiger partial charge is 0.270 e. The SMILES string of the molecule is CSc1nc(-c2cc(Br)cc(I)c2OC(C)C)c(C#N)c(=O)[nH]1. The van der Waals surface area contributed by atoms with Gasteiger partial charge in [0.05, 0.1) is 9.67 Å². The van der Waals surface area contributed by atoms with Gasteiger partial charge >= 0.3 is 0 Å². The lowest BCUT2D eigenvalue weighted by Crippen LogP contribution is -2.15. The van der Waals surface area contributed by atoms with Gasteiger partial charge in [0.15, 0.2) is 5.16 Å². The maximum atomic E-state index is 12.1. The van der Waals surface area contributed by atoms with Crippen molar-refractivity contribution in [3.8, 4) is 23.1 Å². The number of benzene rings is 1. The van der Waals surface area contributed by atoms with E-state index in [9.17, 15) is 10.1 Å². The number of nitrogens with zero attached hydrogens (tertiary/aromatic N) is 2. The summed E-state index contributed by atoms with van der Waals surface area (Å²) >= 11 is 6.92. The fraction of sp³-hybridized carbons (Fsp3) is 0.267. The van der Waals surface area contributed by atoms with Crippen LogP contribution in [-0.4, -0.2) is 22.3 Å². The van der Waals surface area contributed by atoms with E-state index in [1.807, 2.05) is 38.3 Å². The predicted octanol–water partition coefficient (Wildman–Crippen LogP) is 4.18. The first-order valence-electron chi connectivity index (χ1n) is 6.61. The minimum absolute atomic E-state index is 0.0229. The maximum absolute atomic E-state index is 12.1. The van der Waals surface area contributed by atoms with Gasteiger partial charge in [-0.1, -0.05) is 27.7 Å². The highest BCUT2D eigenvalue weighted by atomic mass is 127. The van der Waals surface area contributed by atoms with Crippen molar-refractivity contribution >= 4 is 50.3 Å². The summed E-state index contributed by atoms with van der Waals surface area (Å²) in [6.07, 6.45) is 1.76. The van der Waals surface area contributed by atoms with Gasteiger partial charge < -0.3 is 9.72 Å². The number of rotatable bonds is 4. The second-order valence-electron chi connectivity index (χ2n) is 4.84. The Bertz CT molecular complexity index is 846. The van der Waals surface area contributed by atoms with Crippen LogP contribution >= 0.6 is 50.3 Å². The third-order valence-electron chi connectivity index (χ3n) is 2.82. The maximum Gasteiger partial charge on any atom is 0.270 e. The molecular weight excluding hydrogens is 493 g/mol. The Hall–Kier alpha value is -1.05. The van der Waals surface area contributed by atoms with E-state index in [1.165, 1.54) is 11.8 Å². The molecular formula is C15H13BrIN3O2S. The number of halogens is 2. The van der Waals surface area contributed by atoms with E-state index in [0.717, 1.165) is 8.04 Å². The molecule has 1 heterocycles. The number of aromatic amines is 1. The summed E-state index contributed by atoms with van der Waals surface area (Å²) in [5.74, 6) is 0.616. The highest BCUT2D eigenvalue weighted by Crippen LogP contribution is 2.38. The van der Waals surface area contributed by atoms with Crippen LogP contribution in [0.25, 0.3) is 11.3 Å². The minimum atomic E-state index is -0.452. The lowest BCUT2D eigenvalue weighted by Gasteiger charge is -2.17. The molecule has 1 aromatic heterocycles. The normalized spacial score (nSPS) is 10.7. The van der Waals surface area contributed by atoms with Crippen LogP contribution in [0.5, 0.6) is 5.75 Å². The molecule has 5 nitrogen and oxygen atoms in total. The molecule has 1 aromatic carbocycles. The summed E-state index contributed by atoms with van der Waals surface area (Å²) in [4.78, 5) is 19.2. The van der Waals surface area contributed by atoms with Crippen LogP contribution in [-0.2, 0) is 0 Å². The summed E-state index contributed by atoms with van der Waals surface area (Å²) < 4.78 is 7.60. The molecule has 0 amide bonds.